The standard InChI is InChI=1S/C28H32ClF3N4O5/c1-27(37)13-17(14-27)36-26(28(30,31)32)20(15-33-36)25-21(16-40-18-5-6-18)24(34-41-25)19-3-2-4-22(23(19)29)39-12-9-35-7-10-38-11-8-35/h2-4,15,17-18,37H,5-14,16H2,1H3. The van der Waals surface area contributed by atoms with Crippen molar-refractivity contribution in [2.75, 3.05) is 39.5 Å². The molecule has 1 aromatic carbocycles. The molecular weight excluding hydrogens is 565 g/mol. The molecule has 2 aromatic heterocycles. The third kappa shape index (κ3) is 6.12. The molecule has 1 saturated heterocycles. The average molecular weight is 597 g/mol. The van der Waals surface area contributed by atoms with Gasteiger partial charge in [0, 0.05) is 25.2 Å². The van der Waals surface area contributed by atoms with Gasteiger partial charge in [-0.1, -0.05) is 28.9 Å². The maximum Gasteiger partial charge on any atom is 0.433 e. The lowest BCUT2D eigenvalue weighted by atomic mass is 9.77. The fraction of sp³-hybridized carbons (Fsp3) is 0.571. The van der Waals surface area contributed by atoms with Gasteiger partial charge in [0.1, 0.15) is 18.1 Å². The molecule has 222 valence electrons. The van der Waals surface area contributed by atoms with Crippen LogP contribution in [0.2, 0.25) is 5.02 Å². The van der Waals surface area contributed by atoms with Crippen molar-refractivity contribution in [2.24, 2.45) is 0 Å². The molecule has 0 bridgehead atoms. The summed E-state index contributed by atoms with van der Waals surface area (Å²) in [7, 11) is 0. The topological polar surface area (TPSA) is 95.0 Å². The molecule has 2 aliphatic carbocycles. The molecule has 3 fully saturated rings. The van der Waals surface area contributed by atoms with Gasteiger partial charge in [-0.15, -0.1) is 0 Å². The molecule has 0 atom stereocenters. The van der Waals surface area contributed by atoms with E-state index in [9.17, 15) is 18.3 Å². The maximum atomic E-state index is 14.4. The number of hydrogen-bond acceptors (Lipinski definition) is 8. The van der Waals surface area contributed by atoms with Crippen molar-refractivity contribution in [1.29, 1.82) is 0 Å². The van der Waals surface area contributed by atoms with Crippen molar-refractivity contribution in [3.63, 3.8) is 0 Å². The molecule has 1 N–H and O–H groups in total. The third-order valence-electron chi connectivity index (χ3n) is 7.77. The number of hydrogen-bond donors (Lipinski definition) is 1. The second-order valence-corrected chi connectivity index (χ2v) is 11.6. The zero-order chi connectivity index (χ0) is 28.8. The van der Waals surface area contributed by atoms with E-state index in [1.54, 1.807) is 25.1 Å². The van der Waals surface area contributed by atoms with Crippen molar-refractivity contribution >= 4 is 11.6 Å². The molecule has 1 aliphatic heterocycles. The number of ether oxygens (including phenoxy) is 3. The van der Waals surface area contributed by atoms with Crippen molar-refractivity contribution in [1.82, 2.24) is 19.8 Å². The molecule has 0 radical (unpaired) electrons. The Morgan fingerprint density at radius 3 is 2.61 bits per heavy atom. The van der Waals surface area contributed by atoms with E-state index in [2.05, 4.69) is 15.2 Å². The molecule has 3 aliphatic rings. The Morgan fingerprint density at radius 2 is 1.93 bits per heavy atom. The fourth-order valence-corrected chi connectivity index (χ4v) is 5.70. The number of alkyl halides is 3. The minimum absolute atomic E-state index is 0.00209. The van der Waals surface area contributed by atoms with Crippen LogP contribution in [0, 0.1) is 0 Å². The molecule has 9 nitrogen and oxygen atoms in total. The van der Waals surface area contributed by atoms with E-state index in [1.807, 2.05) is 0 Å². The minimum Gasteiger partial charge on any atom is -0.491 e. The monoisotopic (exact) mass is 596 g/mol. The molecule has 13 heteroatoms. The van der Waals surface area contributed by atoms with Gasteiger partial charge in [0.15, 0.2) is 11.5 Å². The molecule has 0 unspecified atom stereocenters. The van der Waals surface area contributed by atoms with Crippen LogP contribution in [0.5, 0.6) is 5.75 Å². The van der Waals surface area contributed by atoms with Crippen LogP contribution < -0.4 is 4.74 Å². The second-order valence-electron chi connectivity index (χ2n) is 11.2. The predicted octanol–water partition coefficient (Wildman–Crippen LogP) is 5.35. The summed E-state index contributed by atoms with van der Waals surface area (Å²) in [4.78, 5) is 2.24. The SMILES string of the molecule is CC1(O)CC(n2ncc(-c3onc(-c4cccc(OCCN5CCOCC5)c4Cl)c3COC3CC3)c2C(F)(F)F)C1. The van der Waals surface area contributed by atoms with Gasteiger partial charge in [-0.25, -0.2) is 0 Å². The number of rotatable bonds is 10. The Bertz CT molecular complexity index is 1370. The molecule has 3 aromatic rings. The van der Waals surface area contributed by atoms with Crippen LogP contribution in [0.3, 0.4) is 0 Å². The summed E-state index contributed by atoms with van der Waals surface area (Å²) in [5.41, 5.74) is -1.08. The normalized spacial score (nSPS) is 23.5. The van der Waals surface area contributed by atoms with Crippen molar-refractivity contribution in [2.45, 2.75) is 63.1 Å². The highest BCUT2D eigenvalue weighted by Gasteiger charge is 2.47. The first-order valence-corrected chi connectivity index (χ1v) is 14.2. The van der Waals surface area contributed by atoms with Crippen LogP contribution in [0.25, 0.3) is 22.6 Å². The van der Waals surface area contributed by atoms with Crippen LogP contribution in [-0.4, -0.2) is 76.1 Å². The highest BCUT2D eigenvalue weighted by atomic mass is 35.5. The summed E-state index contributed by atoms with van der Waals surface area (Å²) in [5, 5.41) is 18.7. The van der Waals surface area contributed by atoms with Gasteiger partial charge in [0.2, 0.25) is 0 Å². The lowest BCUT2D eigenvalue weighted by molar-refractivity contribution is -0.148. The summed E-state index contributed by atoms with van der Waals surface area (Å²) in [6, 6.07) is 4.65. The number of aliphatic hydroxyl groups is 1. The molecule has 0 spiro atoms. The molecule has 6 rings (SSSR count). The Morgan fingerprint density at radius 1 is 1.17 bits per heavy atom. The quantitative estimate of drug-likeness (QED) is 0.335. The molecule has 3 heterocycles. The highest BCUT2D eigenvalue weighted by molar-refractivity contribution is 6.34. The number of morpholine rings is 1. The maximum absolute atomic E-state index is 14.4. The fourth-order valence-electron chi connectivity index (χ4n) is 5.43. The third-order valence-corrected chi connectivity index (χ3v) is 8.16. The van der Waals surface area contributed by atoms with Gasteiger partial charge >= 0.3 is 6.18 Å². The van der Waals surface area contributed by atoms with Crippen molar-refractivity contribution in [3.05, 3.63) is 40.7 Å². The predicted molar refractivity (Wildman–Crippen MR) is 143 cm³/mol. The first kappa shape index (κ1) is 28.5. The number of aromatic nitrogens is 3. The van der Waals surface area contributed by atoms with Crippen LogP contribution in [0.15, 0.2) is 28.9 Å². The van der Waals surface area contributed by atoms with Gasteiger partial charge in [-0.2, -0.15) is 18.3 Å². The lowest BCUT2D eigenvalue weighted by Crippen LogP contribution is -2.43. The summed E-state index contributed by atoms with van der Waals surface area (Å²) in [6.45, 7) is 5.75. The van der Waals surface area contributed by atoms with E-state index >= 15 is 0 Å². The van der Waals surface area contributed by atoms with Crippen LogP contribution in [-0.2, 0) is 22.3 Å². The van der Waals surface area contributed by atoms with Crippen LogP contribution in [0.1, 0.15) is 49.9 Å². The summed E-state index contributed by atoms with van der Waals surface area (Å²) >= 11 is 6.77. The van der Waals surface area contributed by atoms with Gasteiger partial charge in [-0.05, 0) is 38.7 Å². The Kier molecular flexibility index (Phi) is 7.79. The number of nitrogens with zero attached hydrogens (tertiary/aromatic N) is 4. The van der Waals surface area contributed by atoms with E-state index in [-0.39, 0.29) is 47.6 Å². The van der Waals surface area contributed by atoms with Gasteiger partial charge in [0.05, 0.1) is 59.9 Å². The Balaban J connectivity index is 1.32. The van der Waals surface area contributed by atoms with E-state index in [4.69, 9.17) is 30.3 Å². The van der Waals surface area contributed by atoms with Gasteiger partial charge < -0.3 is 23.8 Å². The first-order chi connectivity index (χ1) is 19.6. The highest BCUT2D eigenvalue weighted by Crippen LogP contribution is 2.48. The molecule has 0 amide bonds. The zero-order valence-corrected chi connectivity index (χ0v) is 23.4. The summed E-state index contributed by atoms with van der Waals surface area (Å²) < 4.78 is 67.1. The van der Waals surface area contributed by atoms with Crippen molar-refractivity contribution < 1.29 is 37.0 Å². The average Bonchev–Trinajstić information content (AvgIpc) is 3.48. The van der Waals surface area contributed by atoms with Crippen LogP contribution >= 0.6 is 11.6 Å². The number of benzene rings is 1. The smallest absolute Gasteiger partial charge is 0.433 e. The van der Waals surface area contributed by atoms with Crippen LogP contribution in [0.4, 0.5) is 13.2 Å². The molecular formula is C28H32ClF3N4O5. The Labute approximate surface area is 240 Å². The zero-order valence-electron chi connectivity index (χ0n) is 22.6. The first-order valence-electron chi connectivity index (χ1n) is 13.8. The minimum atomic E-state index is -4.72. The van der Waals surface area contributed by atoms with Gasteiger partial charge in [-0.3, -0.25) is 9.58 Å². The van der Waals surface area contributed by atoms with Gasteiger partial charge in [0.25, 0.3) is 0 Å². The van der Waals surface area contributed by atoms with E-state index in [1.165, 1.54) is 0 Å². The molecule has 41 heavy (non-hydrogen) atoms. The largest absolute Gasteiger partial charge is 0.491 e. The van der Waals surface area contributed by atoms with E-state index in [0.29, 0.717) is 43.2 Å². The Hall–Kier alpha value is -2.64. The second kappa shape index (κ2) is 11.2. The molecule has 2 saturated carbocycles. The van der Waals surface area contributed by atoms with E-state index < -0.39 is 23.5 Å². The van der Waals surface area contributed by atoms with E-state index in [0.717, 1.165) is 36.8 Å². The summed E-state index contributed by atoms with van der Waals surface area (Å²) in [6.07, 6.45) is -1.42. The number of halogens is 4. The summed E-state index contributed by atoms with van der Waals surface area (Å²) in [5.74, 6) is 0.372. The lowest BCUT2D eigenvalue weighted by Gasteiger charge is -2.41. The van der Waals surface area contributed by atoms with Crippen molar-refractivity contribution in [3.8, 4) is 28.3 Å².